The fourth-order valence-corrected chi connectivity index (χ4v) is 3.54. The summed E-state index contributed by atoms with van der Waals surface area (Å²) in [5.74, 6) is -0.770. The van der Waals surface area contributed by atoms with E-state index in [-0.39, 0.29) is 34.0 Å². The largest absolute Gasteiger partial charge is 0.482 e. The molecular weight excluding hydrogens is 441 g/mol. The summed E-state index contributed by atoms with van der Waals surface area (Å²) < 4.78 is 43.9. The summed E-state index contributed by atoms with van der Waals surface area (Å²) in [5, 5.41) is 2.48. The van der Waals surface area contributed by atoms with E-state index in [0.717, 1.165) is 12.8 Å². The van der Waals surface area contributed by atoms with Crippen LogP contribution in [0.3, 0.4) is 0 Å². The molecule has 1 amide bonds. The van der Waals surface area contributed by atoms with Gasteiger partial charge in [0.2, 0.25) is 0 Å². The summed E-state index contributed by atoms with van der Waals surface area (Å²) >= 11 is 0. The Bertz CT molecular complexity index is 1330. The molecule has 8 nitrogen and oxygen atoms in total. The number of benzene rings is 1. The van der Waals surface area contributed by atoms with Crippen molar-refractivity contribution in [2.75, 3.05) is 11.9 Å². The normalized spacial score (nSPS) is 13.8. The standard InChI is InChI=1S/C22H21F3N4O4/c1-2-9-29-18-17(20(31)28-21(29)32)13(10-15(26-18)12-7-8-12)19(30)27-14-5-3-4-6-16(14)33-11-22(23,24)25/h3-6,10,12H,2,7-9,11H2,1H3,(H,27,30)(H,28,31,32). The van der Waals surface area contributed by atoms with Crippen molar-refractivity contribution >= 4 is 22.6 Å². The lowest BCUT2D eigenvalue weighted by Gasteiger charge is -2.15. The number of aromatic nitrogens is 3. The van der Waals surface area contributed by atoms with E-state index in [9.17, 15) is 27.6 Å². The maximum Gasteiger partial charge on any atom is 0.422 e. The van der Waals surface area contributed by atoms with Crippen LogP contribution in [-0.4, -0.2) is 33.2 Å². The molecular formula is C22H21F3N4O4. The van der Waals surface area contributed by atoms with Gasteiger partial charge in [-0.2, -0.15) is 13.2 Å². The number of alkyl halides is 3. The van der Waals surface area contributed by atoms with Gasteiger partial charge in [-0.05, 0) is 37.5 Å². The third-order valence-corrected chi connectivity index (χ3v) is 5.18. The van der Waals surface area contributed by atoms with Gasteiger partial charge in [-0.25, -0.2) is 9.78 Å². The van der Waals surface area contributed by atoms with Crippen molar-refractivity contribution in [1.29, 1.82) is 0 Å². The van der Waals surface area contributed by atoms with Crippen molar-refractivity contribution in [1.82, 2.24) is 14.5 Å². The highest BCUT2D eigenvalue weighted by atomic mass is 19.4. The summed E-state index contributed by atoms with van der Waals surface area (Å²) in [6.07, 6.45) is -2.21. The Kier molecular flexibility index (Phi) is 5.96. The minimum Gasteiger partial charge on any atom is -0.482 e. The molecule has 0 unspecified atom stereocenters. The molecule has 2 aromatic heterocycles. The van der Waals surface area contributed by atoms with Gasteiger partial charge in [0.15, 0.2) is 12.3 Å². The molecule has 0 bridgehead atoms. The van der Waals surface area contributed by atoms with E-state index >= 15 is 0 Å². The quantitative estimate of drug-likeness (QED) is 0.559. The van der Waals surface area contributed by atoms with Crippen LogP contribution < -0.4 is 21.3 Å². The number of hydrogen-bond acceptors (Lipinski definition) is 5. The van der Waals surface area contributed by atoms with Gasteiger partial charge in [0, 0.05) is 18.2 Å². The predicted molar refractivity (Wildman–Crippen MR) is 115 cm³/mol. The van der Waals surface area contributed by atoms with Gasteiger partial charge in [-0.15, -0.1) is 0 Å². The Morgan fingerprint density at radius 3 is 2.67 bits per heavy atom. The van der Waals surface area contributed by atoms with Crippen molar-refractivity contribution in [3.05, 3.63) is 62.4 Å². The van der Waals surface area contributed by atoms with Crippen LogP contribution in [0.15, 0.2) is 39.9 Å². The first-order chi connectivity index (χ1) is 15.7. The number of nitrogens with one attached hydrogen (secondary N) is 2. The van der Waals surface area contributed by atoms with Gasteiger partial charge >= 0.3 is 11.9 Å². The third-order valence-electron chi connectivity index (χ3n) is 5.18. The number of hydrogen-bond donors (Lipinski definition) is 2. The van der Waals surface area contributed by atoms with Crippen LogP contribution in [0.1, 0.15) is 48.2 Å². The Morgan fingerprint density at radius 1 is 1.27 bits per heavy atom. The van der Waals surface area contributed by atoms with Gasteiger partial charge < -0.3 is 10.1 Å². The van der Waals surface area contributed by atoms with Gasteiger partial charge in [0.25, 0.3) is 11.5 Å². The maximum absolute atomic E-state index is 13.2. The van der Waals surface area contributed by atoms with E-state index in [0.29, 0.717) is 18.7 Å². The topological polar surface area (TPSA) is 106 Å². The van der Waals surface area contributed by atoms with Crippen LogP contribution in [0.25, 0.3) is 11.0 Å². The average Bonchev–Trinajstić information content (AvgIpc) is 3.60. The number of aromatic amines is 1. The zero-order chi connectivity index (χ0) is 23.8. The third kappa shape index (κ3) is 4.91. The summed E-state index contributed by atoms with van der Waals surface area (Å²) in [6.45, 7) is 0.634. The van der Waals surface area contributed by atoms with E-state index < -0.39 is 29.9 Å². The SMILES string of the molecule is CCCn1c(=O)[nH]c(=O)c2c(C(=O)Nc3ccccc3OCC(F)(F)F)cc(C3CC3)nc21. The number of anilines is 1. The number of ether oxygens (including phenoxy) is 1. The molecule has 0 aliphatic heterocycles. The molecule has 1 aliphatic carbocycles. The van der Waals surface area contributed by atoms with E-state index in [1.807, 2.05) is 6.92 Å². The molecule has 33 heavy (non-hydrogen) atoms. The number of rotatable bonds is 7. The van der Waals surface area contributed by atoms with E-state index in [1.165, 1.54) is 34.9 Å². The smallest absolute Gasteiger partial charge is 0.422 e. The molecule has 1 aliphatic rings. The summed E-state index contributed by atoms with van der Waals surface area (Å²) in [6, 6.07) is 7.20. The molecule has 3 aromatic rings. The lowest BCUT2D eigenvalue weighted by molar-refractivity contribution is -0.153. The van der Waals surface area contributed by atoms with E-state index in [1.54, 1.807) is 0 Å². The van der Waals surface area contributed by atoms with Gasteiger partial charge in [-0.3, -0.25) is 19.1 Å². The highest BCUT2D eigenvalue weighted by molar-refractivity contribution is 6.12. The second-order valence-electron chi connectivity index (χ2n) is 7.83. The number of aryl methyl sites for hydroxylation is 1. The monoisotopic (exact) mass is 462 g/mol. The summed E-state index contributed by atoms with van der Waals surface area (Å²) in [5.41, 5.74) is -0.677. The molecule has 174 valence electrons. The van der Waals surface area contributed by atoms with Gasteiger partial charge in [0.1, 0.15) is 5.75 Å². The fraction of sp³-hybridized carbons (Fsp3) is 0.364. The Hall–Kier alpha value is -3.63. The number of halogens is 3. The second kappa shape index (κ2) is 8.72. The number of pyridine rings is 1. The second-order valence-corrected chi connectivity index (χ2v) is 7.83. The molecule has 0 atom stereocenters. The average molecular weight is 462 g/mol. The van der Waals surface area contributed by atoms with Crippen molar-refractivity contribution in [3.8, 4) is 5.75 Å². The molecule has 1 saturated carbocycles. The Labute approximate surface area is 185 Å². The van der Waals surface area contributed by atoms with Crippen molar-refractivity contribution in [2.45, 2.75) is 44.8 Å². The van der Waals surface area contributed by atoms with Crippen LogP contribution in [0.2, 0.25) is 0 Å². The summed E-state index contributed by atoms with van der Waals surface area (Å²) in [4.78, 5) is 45.0. The van der Waals surface area contributed by atoms with Crippen LogP contribution in [0, 0.1) is 0 Å². The molecule has 1 aromatic carbocycles. The molecule has 4 rings (SSSR count). The predicted octanol–water partition coefficient (Wildman–Crippen LogP) is 3.57. The minimum atomic E-state index is -4.55. The summed E-state index contributed by atoms with van der Waals surface area (Å²) in [7, 11) is 0. The van der Waals surface area contributed by atoms with Crippen LogP contribution in [-0.2, 0) is 6.54 Å². The Balaban J connectivity index is 1.79. The first kappa shape index (κ1) is 22.6. The van der Waals surface area contributed by atoms with Crippen LogP contribution in [0.4, 0.5) is 18.9 Å². The minimum absolute atomic E-state index is 0.0152. The van der Waals surface area contributed by atoms with Crippen molar-refractivity contribution in [2.24, 2.45) is 0 Å². The number of fused-ring (bicyclic) bond motifs is 1. The zero-order valence-corrected chi connectivity index (χ0v) is 17.7. The number of carbonyl (C=O) groups excluding carboxylic acids is 1. The first-order valence-electron chi connectivity index (χ1n) is 10.5. The number of amides is 1. The lowest BCUT2D eigenvalue weighted by atomic mass is 10.1. The molecule has 2 heterocycles. The number of para-hydroxylation sites is 2. The van der Waals surface area contributed by atoms with Crippen LogP contribution >= 0.6 is 0 Å². The van der Waals surface area contributed by atoms with Crippen LogP contribution in [0.5, 0.6) is 5.75 Å². The zero-order valence-electron chi connectivity index (χ0n) is 17.7. The maximum atomic E-state index is 13.2. The molecule has 0 saturated heterocycles. The number of nitrogens with zero attached hydrogens (tertiary/aromatic N) is 2. The van der Waals surface area contributed by atoms with Gasteiger partial charge in [-0.1, -0.05) is 19.1 Å². The lowest BCUT2D eigenvalue weighted by Crippen LogP contribution is -2.32. The fourth-order valence-electron chi connectivity index (χ4n) is 3.54. The first-order valence-corrected chi connectivity index (χ1v) is 10.5. The number of H-pyrrole nitrogens is 1. The molecule has 1 fully saturated rings. The molecule has 0 spiro atoms. The Morgan fingerprint density at radius 2 is 2.00 bits per heavy atom. The van der Waals surface area contributed by atoms with Crippen molar-refractivity contribution < 1.29 is 22.7 Å². The number of carbonyl (C=O) groups is 1. The molecule has 0 radical (unpaired) electrons. The van der Waals surface area contributed by atoms with Gasteiger partial charge in [0.05, 0.1) is 16.6 Å². The highest BCUT2D eigenvalue weighted by Gasteiger charge is 2.30. The van der Waals surface area contributed by atoms with Crippen molar-refractivity contribution in [3.63, 3.8) is 0 Å². The van der Waals surface area contributed by atoms with E-state index in [2.05, 4.69) is 15.3 Å². The highest BCUT2D eigenvalue weighted by Crippen LogP contribution is 2.40. The molecule has 2 N–H and O–H groups in total. The molecule has 11 heteroatoms. The van der Waals surface area contributed by atoms with E-state index in [4.69, 9.17) is 4.74 Å².